The van der Waals surface area contributed by atoms with E-state index < -0.39 is 5.66 Å². The largest absolute Gasteiger partial charge is 0.455 e. The van der Waals surface area contributed by atoms with Crippen molar-refractivity contribution in [3.05, 3.63) is 139 Å². The second-order valence-corrected chi connectivity index (χ2v) is 10.7. The van der Waals surface area contributed by atoms with Crippen molar-refractivity contribution in [2.24, 2.45) is 0 Å². The van der Waals surface area contributed by atoms with Crippen LogP contribution in [0, 0.1) is 0 Å². The molecular weight excluding hydrogens is 494 g/mol. The summed E-state index contributed by atoms with van der Waals surface area (Å²) in [5, 5.41) is 4.97. The predicted molar refractivity (Wildman–Crippen MR) is 151 cm³/mol. The predicted octanol–water partition coefficient (Wildman–Crippen LogP) is 6.85. The first-order chi connectivity index (χ1) is 19.8. The highest BCUT2D eigenvalue weighted by molar-refractivity contribution is 6.04. The first kappa shape index (κ1) is 20.5. The summed E-state index contributed by atoms with van der Waals surface area (Å²) >= 11 is 0. The molecule has 2 aromatic heterocycles. The Bertz CT molecular complexity index is 2230. The quantitative estimate of drug-likeness (QED) is 0.177. The van der Waals surface area contributed by atoms with Crippen molar-refractivity contribution in [3.8, 4) is 39.9 Å². The Morgan fingerprint density at radius 1 is 0.625 bits per heavy atom. The Hall–Kier alpha value is -5.42. The minimum absolute atomic E-state index is 0.694. The third-order valence-corrected chi connectivity index (χ3v) is 8.69. The Labute approximate surface area is 229 Å². The minimum atomic E-state index is -0.694. The van der Waals surface area contributed by atoms with Crippen LogP contribution in [-0.2, 0) is 5.66 Å². The third kappa shape index (κ3) is 2.31. The van der Waals surface area contributed by atoms with Gasteiger partial charge in [0.25, 0.3) is 0 Å². The van der Waals surface area contributed by atoms with Crippen molar-refractivity contribution in [1.29, 1.82) is 0 Å². The molecule has 1 unspecified atom stereocenters. The minimum Gasteiger partial charge on any atom is -0.455 e. The molecule has 0 amide bonds. The highest BCUT2D eigenvalue weighted by Crippen LogP contribution is 2.55. The number of hydrogen-bond acceptors (Lipinski definition) is 2. The number of nitrogens with zero attached hydrogens (tertiary/aromatic N) is 3. The normalized spacial score (nSPS) is 17.0. The van der Waals surface area contributed by atoms with E-state index in [1.54, 1.807) is 0 Å². The molecule has 5 nitrogen and oxygen atoms in total. The van der Waals surface area contributed by atoms with Gasteiger partial charge in [-0.2, -0.15) is 0 Å². The van der Waals surface area contributed by atoms with Crippen LogP contribution in [-0.4, -0.2) is 4.68 Å². The molecule has 5 aromatic carbocycles. The van der Waals surface area contributed by atoms with Crippen molar-refractivity contribution in [3.63, 3.8) is 0 Å². The summed E-state index contributed by atoms with van der Waals surface area (Å²) in [6.45, 7) is 0. The van der Waals surface area contributed by atoms with E-state index in [0.717, 1.165) is 45.5 Å². The summed E-state index contributed by atoms with van der Waals surface area (Å²) < 4.78 is 19.8. The summed E-state index contributed by atoms with van der Waals surface area (Å²) in [4.78, 5) is 0. The SMILES string of the molecule is c1cc2c3c(c1)Oc1cccc[n+]1C31c3c(cccc3-n3cc(-c4cccc5cc6ccccc6cc45)c[n+]31)O2. The Balaban J connectivity index is 1.33. The van der Waals surface area contributed by atoms with Gasteiger partial charge in [0.2, 0.25) is 6.20 Å². The zero-order valence-corrected chi connectivity index (χ0v) is 21.3. The van der Waals surface area contributed by atoms with Gasteiger partial charge in [0.1, 0.15) is 17.2 Å². The lowest BCUT2D eigenvalue weighted by Gasteiger charge is -2.31. The third-order valence-electron chi connectivity index (χ3n) is 8.69. The molecule has 0 aliphatic carbocycles. The average Bonchev–Trinajstić information content (AvgIpc) is 3.55. The molecule has 1 atom stereocenters. The number of ether oxygens (including phenoxy) is 2. The summed E-state index contributed by atoms with van der Waals surface area (Å²) in [6.07, 6.45) is 6.66. The molecule has 1 spiro atoms. The topological polar surface area (TPSA) is 31.1 Å². The molecule has 186 valence electrons. The maximum atomic E-state index is 6.52. The van der Waals surface area contributed by atoms with Gasteiger partial charge in [-0.25, -0.2) is 0 Å². The average molecular weight is 516 g/mol. The van der Waals surface area contributed by atoms with E-state index in [-0.39, 0.29) is 0 Å². The van der Waals surface area contributed by atoms with E-state index in [1.165, 1.54) is 27.1 Å². The summed E-state index contributed by atoms with van der Waals surface area (Å²) in [5.41, 5.74) is 4.89. The van der Waals surface area contributed by atoms with Crippen molar-refractivity contribution in [2.75, 3.05) is 0 Å². The van der Waals surface area contributed by atoms with Gasteiger partial charge in [0, 0.05) is 6.07 Å². The zero-order valence-electron chi connectivity index (χ0n) is 21.3. The van der Waals surface area contributed by atoms with Crippen molar-refractivity contribution in [1.82, 2.24) is 4.68 Å². The van der Waals surface area contributed by atoms with E-state index in [9.17, 15) is 0 Å². The van der Waals surface area contributed by atoms with Gasteiger partial charge in [0.05, 0.1) is 17.8 Å². The molecule has 0 radical (unpaired) electrons. The molecule has 3 aliphatic rings. The maximum absolute atomic E-state index is 6.52. The first-order valence-electron chi connectivity index (χ1n) is 13.5. The molecule has 0 fully saturated rings. The lowest BCUT2D eigenvalue weighted by atomic mass is 9.85. The monoisotopic (exact) mass is 515 g/mol. The van der Waals surface area contributed by atoms with E-state index in [0.29, 0.717) is 0 Å². The van der Waals surface area contributed by atoms with Crippen LogP contribution in [0.25, 0.3) is 38.4 Å². The fourth-order valence-electron chi connectivity index (χ4n) is 7.10. The lowest BCUT2D eigenvalue weighted by molar-refractivity contribution is -0.997. The molecule has 5 heteroatoms. The summed E-state index contributed by atoms with van der Waals surface area (Å²) in [6, 6.07) is 38.3. The van der Waals surface area contributed by atoms with Crippen molar-refractivity contribution in [2.45, 2.75) is 5.66 Å². The van der Waals surface area contributed by atoms with Gasteiger partial charge in [-0.05, 0) is 74.3 Å². The van der Waals surface area contributed by atoms with Crippen LogP contribution >= 0.6 is 0 Å². The van der Waals surface area contributed by atoms with E-state index in [4.69, 9.17) is 9.47 Å². The smallest absolute Gasteiger partial charge is 0.452 e. The van der Waals surface area contributed by atoms with Crippen LogP contribution in [0.4, 0.5) is 0 Å². The molecule has 0 bridgehead atoms. The number of hydrogen-bond donors (Lipinski definition) is 0. The Morgan fingerprint density at radius 2 is 1.35 bits per heavy atom. The Kier molecular flexibility index (Phi) is 3.57. The van der Waals surface area contributed by atoms with Crippen molar-refractivity contribution < 1.29 is 18.7 Å². The van der Waals surface area contributed by atoms with Gasteiger partial charge < -0.3 is 9.47 Å². The van der Waals surface area contributed by atoms with Crippen LogP contribution < -0.4 is 18.7 Å². The molecule has 10 rings (SSSR count). The molecular formula is C35H21N3O2+2. The molecule has 40 heavy (non-hydrogen) atoms. The number of aromatic nitrogens is 3. The first-order valence-corrected chi connectivity index (χ1v) is 13.5. The molecule has 5 heterocycles. The molecule has 0 N–H and O–H groups in total. The Morgan fingerprint density at radius 3 is 2.25 bits per heavy atom. The van der Waals surface area contributed by atoms with Crippen LogP contribution in [0.5, 0.6) is 23.1 Å². The fraction of sp³-hybridized carbons (Fsp3) is 0.0286. The standard InChI is InChI=1S/C35H21N3O2/c1-2-9-23-19-27-24(18-22(23)8-1)10-5-11-26(27)25-20-37-28-12-6-13-29-33(28)35(38(37)21-25)34-30(39-29)14-7-15-31(34)40-32-16-3-4-17-36(32)35/h1-21H/q+2. The zero-order chi connectivity index (χ0) is 26.0. The van der Waals surface area contributed by atoms with Gasteiger partial charge in [-0.1, -0.05) is 59.2 Å². The van der Waals surface area contributed by atoms with Crippen LogP contribution in [0.15, 0.2) is 128 Å². The fourth-order valence-corrected chi connectivity index (χ4v) is 7.10. The maximum Gasteiger partial charge on any atom is 0.452 e. The van der Waals surface area contributed by atoms with Gasteiger partial charge in [-0.3, -0.25) is 0 Å². The second-order valence-electron chi connectivity index (χ2n) is 10.7. The van der Waals surface area contributed by atoms with Crippen LogP contribution in [0.3, 0.4) is 0 Å². The van der Waals surface area contributed by atoms with Gasteiger partial charge in [0.15, 0.2) is 23.1 Å². The highest BCUT2D eigenvalue weighted by Gasteiger charge is 2.71. The van der Waals surface area contributed by atoms with E-state index >= 15 is 0 Å². The van der Waals surface area contributed by atoms with Gasteiger partial charge >= 0.3 is 11.5 Å². The van der Waals surface area contributed by atoms with Crippen LogP contribution in [0.2, 0.25) is 0 Å². The number of rotatable bonds is 1. The van der Waals surface area contributed by atoms with Crippen LogP contribution in [0.1, 0.15) is 11.1 Å². The molecule has 0 saturated heterocycles. The number of fused-ring (bicyclic) bond motifs is 5. The lowest BCUT2D eigenvalue weighted by Crippen LogP contribution is -2.75. The summed E-state index contributed by atoms with van der Waals surface area (Å²) in [5.74, 6) is 3.27. The van der Waals surface area contributed by atoms with E-state index in [1.807, 2.05) is 30.3 Å². The summed E-state index contributed by atoms with van der Waals surface area (Å²) in [7, 11) is 0. The molecule has 7 aromatic rings. The van der Waals surface area contributed by atoms with Gasteiger partial charge in [-0.15, -0.1) is 4.68 Å². The van der Waals surface area contributed by atoms with E-state index in [2.05, 4.69) is 111 Å². The number of pyridine rings is 1. The van der Waals surface area contributed by atoms with Crippen molar-refractivity contribution >= 4 is 21.5 Å². The second kappa shape index (κ2) is 6.96. The molecule has 0 saturated carbocycles. The number of benzene rings is 5. The highest BCUT2D eigenvalue weighted by atomic mass is 16.5. The molecule has 3 aliphatic heterocycles.